The highest BCUT2D eigenvalue weighted by molar-refractivity contribution is 14.0. The maximum Gasteiger partial charge on any atom is 0.387 e. The van der Waals surface area contributed by atoms with E-state index in [9.17, 15) is 8.78 Å². The summed E-state index contributed by atoms with van der Waals surface area (Å²) in [5, 5.41) is 11.1. The number of rotatable bonds is 8. The Bertz CT molecular complexity index is 919. The zero-order valence-electron chi connectivity index (χ0n) is 17.9. The average Bonchev–Trinajstić information content (AvgIpc) is 3.50. The van der Waals surface area contributed by atoms with Crippen LogP contribution in [0, 0.1) is 0 Å². The van der Waals surface area contributed by atoms with Crippen molar-refractivity contribution >= 4 is 29.9 Å². The largest absolute Gasteiger partial charge is 0.454 e. The van der Waals surface area contributed by atoms with E-state index < -0.39 is 6.61 Å². The molecular formula is C21H28F2IN5O3. The molecule has 1 fully saturated rings. The molecule has 11 heteroatoms. The Kier molecular flexibility index (Phi) is 8.76. The lowest BCUT2D eigenvalue weighted by Crippen LogP contribution is -2.37. The standard InChI is InChI=1S/C21H27F2N5O3.HI/c1-2-24-21(26-12-15-7-8-28(27-15)16-5-3-4-6-16)25-11-14-9-18-19(30-13-29-18)10-17(14)31-20(22)23;/h7-10,16,20H,2-6,11-13H2,1H3,(H2,24,25,26);1H. The molecule has 1 aliphatic carbocycles. The number of guanidine groups is 1. The van der Waals surface area contributed by atoms with Gasteiger partial charge in [-0.1, -0.05) is 12.8 Å². The van der Waals surface area contributed by atoms with Crippen molar-refractivity contribution in [3.63, 3.8) is 0 Å². The number of ether oxygens (including phenoxy) is 3. The summed E-state index contributed by atoms with van der Waals surface area (Å²) in [5.74, 6) is 1.45. The van der Waals surface area contributed by atoms with Crippen molar-refractivity contribution in [2.45, 2.75) is 58.3 Å². The lowest BCUT2D eigenvalue weighted by atomic mass is 10.1. The summed E-state index contributed by atoms with van der Waals surface area (Å²) in [6.45, 7) is 0.359. The van der Waals surface area contributed by atoms with Crippen LogP contribution in [0.3, 0.4) is 0 Å². The van der Waals surface area contributed by atoms with Crippen LogP contribution >= 0.6 is 24.0 Å². The summed E-state index contributed by atoms with van der Waals surface area (Å²) < 4.78 is 43.0. The fourth-order valence-electron chi connectivity index (χ4n) is 3.82. The van der Waals surface area contributed by atoms with Gasteiger partial charge in [0.05, 0.1) is 24.8 Å². The van der Waals surface area contributed by atoms with Crippen LogP contribution in [0.5, 0.6) is 17.2 Å². The van der Waals surface area contributed by atoms with E-state index in [4.69, 9.17) is 9.47 Å². The van der Waals surface area contributed by atoms with Gasteiger partial charge in [-0.2, -0.15) is 13.9 Å². The zero-order chi connectivity index (χ0) is 21.6. The average molecular weight is 563 g/mol. The molecule has 1 aromatic heterocycles. The third-order valence-electron chi connectivity index (χ3n) is 5.32. The van der Waals surface area contributed by atoms with Crippen molar-refractivity contribution in [3.8, 4) is 17.2 Å². The molecule has 4 rings (SSSR count). The number of benzene rings is 1. The smallest absolute Gasteiger partial charge is 0.387 e. The summed E-state index contributed by atoms with van der Waals surface area (Å²) >= 11 is 0. The van der Waals surface area contributed by atoms with Gasteiger partial charge in [-0.15, -0.1) is 24.0 Å². The number of alkyl halides is 2. The summed E-state index contributed by atoms with van der Waals surface area (Å²) in [5.41, 5.74) is 1.40. The van der Waals surface area contributed by atoms with Crippen molar-refractivity contribution in [1.82, 2.24) is 20.4 Å². The Hall–Kier alpha value is -2.31. The van der Waals surface area contributed by atoms with Crippen LogP contribution in [0.1, 0.15) is 49.9 Å². The molecule has 1 saturated carbocycles. The SMILES string of the molecule is CCNC(=NCc1cc2c(cc1OC(F)F)OCO2)NCc1ccn(C2CCCC2)n1.I. The van der Waals surface area contributed by atoms with Crippen LogP contribution in [0.2, 0.25) is 0 Å². The quantitative estimate of drug-likeness (QED) is 0.285. The molecular weight excluding hydrogens is 535 g/mol. The van der Waals surface area contributed by atoms with Gasteiger partial charge in [0.1, 0.15) is 5.75 Å². The number of aliphatic imine (C=N–C) groups is 1. The van der Waals surface area contributed by atoms with Crippen molar-refractivity contribution in [1.29, 1.82) is 0 Å². The maximum atomic E-state index is 12.8. The molecule has 2 aliphatic rings. The van der Waals surface area contributed by atoms with Crippen LogP contribution in [0.4, 0.5) is 8.78 Å². The lowest BCUT2D eigenvalue weighted by Gasteiger charge is -2.13. The number of hydrogen-bond acceptors (Lipinski definition) is 5. The topological polar surface area (TPSA) is 81.9 Å². The molecule has 0 saturated heterocycles. The van der Waals surface area contributed by atoms with Crippen molar-refractivity contribution < 1.29 is 23.0 Å². The van der Waals surface area contributed by atoms with Gasteiger partial charge < -0.3 is 24.8 Å². The predicted octanol–water partition coefficient (Wildman–Crippen LogP) is 4.20. The fraction of sp³-hybridized carbons (Fsp3) is 0.524. The van der Waals surface area contributed by atoms with Crippen LogP contribution in [0.25, 0.3) is 0 Å². The van der Waals surface area contributed by atoms with E-state index in [-0.39, 0.29) is 43.1 Å². The fourth-order valence-corrected chi connectivity index (χ4v) is 3.82. The Morgan fingerprint density at radius 1 is 1.25 bits per heavy atom. The molecule has 0 amide bonds. The Balaban J connectivity index is 0.00000289. The van der Waals surface area contributed by atoms with E-state index in [1.165, 1.54) is 31.7 Å². The summed E-state index contributed by atoms with van der Waals surface area (Å²) in [7, 11) is 0. The minimum atomic E-state index is -2.94. The Labute approximate surface area is 202 Å². The van der Waals surface area contributed by atoms with Crippen molar-refractivity contribution in [2.24, 2.45) is 4.99 Å². The van der Waals surface area contributed by atoms with E-state index in [1.807, 2.05) is 19.2 Å². The number of hydrogen-bond donors (Lipinski definition) is 2. The molecule has 0 spiro atoms. The molecule has 0 radical (unpaired) electrons. The second-order valence-corrected chi connectivity index (χ2v) is 7.47. The molecule has 1 aromatic carbocycles. The number of nitrogens with one attached hydrogen (secondary N) is 2. The van der Waals surface area contributed by atoms with Gasteiger partial charge in [-0.25, -0.2) is 4.99 Å². The molecule has 0 bridgehead atoms. The Morgan fingerprint density at radius 2 is 2.00 bits per heavy atom. The minimum Gasteiger partial charge on any atom is -0.454 e. The first-order chi connectivity index (χ1) is 15.1. The number of nitrogens with zero attached hydrogens (tertiary/aromatic N) is 3. The first-order valence-corrected chi connectivity index (χ1v) is 10.6. The van der Waals surface area contributed by atoms with E-state index in [2.05, 4.69) is 30.1 Å². The first kappa shape index (κ1) is 24.3. The molecule has 176 valence electrons. The normalized spacial score (nSPS) is 15.7. The summed E-state index contributed by atoms with van der Waals surface area (Å²) in [6.07, 6.45) is 6.89. The monoisotopic (exact) mass is 563 g/mol. The van der Waals surface area contributed by atoms with Gasteiger partial charge in [0.2, 0.25) is 6.79 Å². The zero-order valence-corrected chi connectivity index (χ0v) is 20.2. The van der Waals surface area contributed by atoms with Gasteiger partial charge in [0.25, 0.3) is 0 Å². The number of aromatic nitrogens is 2. The second-order valence-electron chi connectivity index (χ2n) is 7.47. The lowest BCUT2D eigenvalue weighted by molar-refractivity contribution is -0.0505. The predicted molar refractivity (Wildman–Crippen MR) is 126 cm³/mol. The van der Waals surface area contributed by atoms with Gasteiger partial charge in [0.15, 0.2) is 17.5 Å². The molecule has 1 aliphatic heterocycles. The molecule has 2 heterocycles. The first-order valence-electron chi connectivity index (χ1n) is 10.6. The van der Waals surface area contributed by atoms with E-state index >= 15 is 0 Å². The summed E-state index contributed by atoms with van der Waals surface area (Å²) in [6, 6.07) is 5.53. The number of halogens is 3. The number of fused-ring (bicyclic) bond motifs is 1. The highest BCUT2D eigenvalue weighted by Gasteiger charge is 2.20. The molecule has 2 aromatic rings. The van der Waals surface area contributed by atoms with Gasteiger partial charge >= 0.3 is 6.61 Å². The molecule has 32 heavy (non-hydrogen) atoms. The van der Waals surface area contributed by atoms with Gasteiger partial charge in [-0.3, -0.25) is 4.68 Å². The summed E-state index contributed by atoms with van der Waals surface area (Å²) in [4.78, 5) is 4.52. The molecule has 0 unspecified atom stereocenters. The minimum absolute atomic E-state index is 0. The van der Waals surface area contributed by atoms with Crippen LogP contribution < -0.4 is 24.8 Å². The molecule has 0 atom stereocenters. The van der Waals surface area contributed by atoms with Gasteiger partial charge in [-0.05, 0) is 31.9 Å². The van der Waals surface area contributed by atoms with Crippen molar-refractivity contribution in [2.75, 3.05) is 13.3 Å². The molecule has 8 nitrogen and oxygen atoms in total. The van der Waals surface area contributed by atoms with Crippen LogP contribution in [0.15, 0.2) is 29.4 Å². The van der Waals surface area contributed by atoms with Crippen LogP contribution in [-0.4, -0.2) is 35.7 Å². The van der Waals surface area contributed by atoms with E-state index in [1.54, 1.807) is 6.07 Å². The van der Waals surface area contributed by atoms with E-state index in [0.29, 0.717) is 42.2 Å². The highest BCUT2D eigenvalue weighted by atomic mass is 127. The Morgan fingerprint density at radius 3 is 2.72 bits per heavy atom. The van der Waals surface area contributed by atoms with Gasteiger partial charge in [0, 0.05) is 24.4 Å². The van der Waals surface area contributed by atoms with E-state index in [0.717, 1.165) is 5.69 Å². The third kappa shape index (κ3) is 6.14. The second kappa shape index (κ2) is 11.5. The maximum absolute atomic E-state index is 12.8. The third-order valence-corrected chi connectivity index (χ3v) is 5.32. The van der Waals surface area contributed by atoms with Crippen molar-refractivity contribution in [3.05, 3.63) is 35.7 Å². The highest BCUT2D eigenvalue weighted by Crippen LogP contribution is 2.39. The molecule has 2 N–H and O–H groups in total. The van der Waals surface area contributed by atoms with Crippen LogP contribution in [-0.2, 0) is 13.1 Å².